The predicted octanol–water partition coefficient (Wildman–Crippen LogP) is 5.04. The number of rotatable bonds is 3. The van der Waals surface area contributed by atoms with Gasteiger partial charge in [0, 0.05) is 7.11 Å². The predicted molar refractivity (Wildman–Crippen MR) is 77.7 cm³/mol. The monoisotopic (exact) mass is 252 g/mol. The van der Waals surface area contributed by atoms with E-state index in [1.54, 1.807) is 0 Å². The highest BCUT2D eigenvalue weighted by molar-refractivity contribution is 5.06. The molecule has 0 aliphatic heterocycles. The summed E-state index contributed by atoms with van der Waals surface area (Å²) in [5, 5.41) is 0. The van der Waals surface area contributed by atoms with E-state index in [0.717, 1.165) is 5.92 Å². The van der Waals surface area contributed by atoms with Crippen LogP contribution in [0.15, 0.2) is 0 Å². The summed E-state index contributed by atoms with van der Waals surface area (Å²) in [6, 6.07) is 0. The van der Waals surface area contributed by atoms with Crippen LogP contribution in [-0.4, -0.2) is 13.2 Å². The SMILES string of the molecule is CCC1(C)CC(C)(C2CCCCC2)C(OC)C1C. The van der Waals surface area contributed by atoms with E-state index in [1.807, 2.05) is 7.11 Å². The molecule has 2 fully saturated rings. The molecule has 0 amide bonds. The molecule has 0 spiro atoms. The van der Waals surface area contributed by atoms with Gasteiger partial charge in [0.2, 0.25) is 0 Å². The van der Waals surface area contributed by atoms with Crippen LogP contribution < -0.4 is 0 Å². The molecule has 0 saturated heterocycles. The van der Waals surface area contributed by atoms with Crippen molar-refractivity contribution in [3.05, 3.63) is 0 Å². The number of ether oxygens (including phenoxy) is 1. The average Bonchev–Trinajstić information content (AvgIpc) is 2.60. The first-order chi connectivity index (χ1) is 8.48. The second-order valence-electron chi connectivity index (χ2n) is 7.47. The standard InChI is InChI=1S/C17H32O/c1-6-16(3)12-17(4,15(18-5)13(16)2)14-10-8-7-9-11-14/h13-15H,6-12H2,1-5H3. The van der Waals surface area contributed by atoms with E-state index >= 15 is 0 Å². The first-order valence-corrected chi connectivity index (χ1v) is 8.00. The molecule has 2 aliphatic carbocycles. The Morgan fingerprint density at radius 1 is 1.11 bits per heavy atom. The molecule has 0 heterocycles. The number of hydrogen-bond acceptors (Lipinski definition) is 1. The first kappa shape index (κ1) is 14.4. The summed E-state index contributed by atoms with van der Waals surface area (Å²) < 4.78 is 5.99. The molecule has 2 saturated carbocycles. The molecule has 0 radical (unpaired) electrons. The topological polar surface area (TPSA) is 9.23 Å². The molecule has 0 aromatic heterocycles. The minimum absolute atomic E-state index is 0.416. The van der Waals surface area contributed by atoms with E-state index in [4.69, 9.17) is 4.74 Å². The van der Waals surface area contributed by atoms with Crippen molar-refractivity contribution < 1.29 is 4.74 Å². The molecule has 0 bridgehead atoms. The van der Waals surface area contributed by atoms with Gasteiger partial charge in [-0.15, -0.1) is 0 Å². The highest BCUT2D eigenvalue weighted by Gasteiger charge is 2.57. The van der Waals surface area contributed by atoms with Gasteiger partial charge in [-0.3, -0.25) is 0 Å². The van der Waals surface area contributed by atoms with Crippen molar-refractivity contribution in [2.75, 3.05) is 7.11 Å². The Labute approximate surface area is 114 Å². The summed E-state index contributed by atoms with van der Waals surface area (Å²) in [5.74, 6) is 1.59. The summed E-state index contributed by atoms with van der Waals surface area (Å²) in [4.78, 5) is 0. The summed E-state index contributed by atoms with van der Waals surface area (Å²) in [6.45, 7) is 9.79. The molecular formula is C17H32O. The molecule has 2 aliphatic rings. The molecule has 0 aromatic rings. The van der Waals surface area contributed by atoms with Crippen LogP contribution in [0.5, 0.6) is 0 Å². The Balaban J connectivity index is 2.24. The van der Waals surface area contributed by atoms with Gasteiger partial charge < -0.3 is 4.74 Å². The third-order valence-corrected chi connectivity index (χ3v) is 6.59. The summed E-state index contributed by atoms with van der Waals surface area (Å²) >= 11 is 0. The van der Waals surface area contributed by atoms with Gasteiger partial charge in [0.25, 0.3) is 0 Å². The quantitative estimate of drug-likeness (QED) is 0.683. The Kier molecular flexibility index (Phi) is 4.11. The molecule has 18 heavy (non-hydrogen) atoms. The molecule has 0 N–H and O–H groups in total. The van der Waals surface area contributed by atoms with E-state index in [0.29, 0.717) is 22.9 Å². The van der Waals surface area contributed by atoms with Gasteiger partial charge in [-0.25, -0.2) is 0 Å². The van der Waals surface area contributed by atoms with E-state index < -0.39 is 0 Å². The Bertz CT molecular complexity index is 281. The van der Waals surface area contributed by atoms with Crippen LogP contribution in [0, 0.1) is 22.7 Å². The average molecular weight is 252 g/mol. The van der Waals surface area contributed by atoms with E-state index in [1.165, 1.54) is 44.9 Å². The molecule has 2 rings (SSSR count). The molecule has 0 aromatic carbocycles. The van der Waals surface area contributed by atoms with Crippen LogP contribution in [0.1, 0.15) is 72.6 Å². The molecule has 4 unspecified atom stereocenters. The van der Waals surface area contributed by atoms with Crippen molar-refractivity contribution in [2.45, 2.75) is 78.7 Å². The normalized spacial score (nSPS) is 46.5. The molecule has 1 nitrogen and oxygen atoms in total. The van der Waals surface area contributed by atoms with Crippen LogP contribution in [-0.2, 0) is 4.74 Å². The third kappa shape index (κ3) is 2.13. The van der Waals surface area contributed by atoms with Gasteiger partial charge in [0.05, 0.1) is 6.10 Å². The maximum absolute atomic E-state index is 5.99. The van der Waals surface area contributed by atoms with Crippen molar-refractivity contribution in [3.8, 4) is 0 Å². The fourth-order valence-electron chi connectivity index (χ4n) is 5.13. The van der Waals surface area contributed by atoms with Crippen molar-refractivity contribution in [1.29, 1.82) is 0 Å². The first-order valence-electron chi connectivity index (χ1n) is 8.00. The maximum Gasteiger partial charge on any atom is 0.0658 e. The zero-order valence-corrected chi connectivity index (χ0v) is 13.1. The largest absolute Gasteiger partial charge is 0.381 e. The van der Waals surface area contributed by atoms with Crippen LogP contribution in [0.25, 0.3) is 0 Å². The summed E-state index contributed by atoms with van der Waals surface area (Å²) in [5.41, 5.74) is 0.895. The van der Waals surface area contributed by atoms with Crippen LogP contribution in [0.3, 0.4) is 0 Å². The fourth-order valence-corrected chi connectivity index (χ4v) is 5.13. The third-order valence-electron chi connectivity index (χ3n) is 6.59. The van der Waals surface area contributed by atoms with Crippen LogP contribution in [0.4, 0.5) is 0 Å². The lowest BCUT2D eigenvalue weighted by Crippen LogP contribution is -2.39. The second kappa shape index (κ2) is 5.15. The molecular weight excluding hydrogens is 220 g/mol. The van der Waals surface area contributed by atoms with Crippen molar-refractivity contribution >= 4 is 0 Å². The maximum atomic E-state index is 5.99. The van der Waals surface area contributed by atoms with Gasteiger partial charge in [-0.05, 0) is 41.9 Å². The highest BCUT2D eigenvalue weighted by Crippen LogP contribution is 2.60. The zero-order valence-electron chi connectivity index (χ0n) is 13.1. The van der Waals surface area contributed by atoms with Gasteiger partial charge in [0.1, 0.15) is 0 Å². The molecule has 1 heteroatoms. The van der Waals surface area contributed by atoms with E-state index in [2.05, 4.69) is 27.7 Å². The zero-order chi connectivity index (χ0) is 13.4. The van der Waals surface area contributed by atoms with Crippen molar-refractivity contribution in [1.82, 2.24) is 0 Å². The Hall–Kier alpha value is -0.0400. The van der Waals surface area contributed by atoms with Crippen LogP contribution >= 0.6 is 0 Å². The van der Waals surface area contributed by atoms with Gasteiger partial charge in [0.15, 0.2) is 0 Å². The number of methoxy groups -OCH3 is 1. The van der Waals surface area contributed by atoms with Crippen LogP contribution in [0.2, 0.25) is 0 Å². The van der Waals surface area contributed by atoms with E-state index in [-0.39, 0.29) is 0 Å². The van der Waals surface area contributed by atoms with E-state index in [9.17, 15) is 0 Å². The minimum atomic E-state index is 0.416. The summed E-state index contributed by atoms with van der Waals surface area (Å²) in [6.07, 6.45) is 10.3. The molecule has 4 atom stereocenters. The number of hydrogen-bond donors (Lipinski definition) is 0. The Morgan fingerprint density at radius 2 is 1.72 bits per heavy atom. The van der Waals surface area contributed by atoms with Crippen molar-refractivity contribution in [3.63, 3.8) is 0 Å². The van der Waals surface area contributed by atoms with Gasteiger partial charge in [-0.1, -0.05) is 53.4 Å². The minimum Gasteiger partial charge on any atom is -0.381 e. The lowest BCUT2D eigenvalue weighted by atomic mass is 9.66. The second-order valence-corrected chi connectivity index (χ2v) is 7.47. The highest BCUT2D eigenvalue weighted by atomic mass is 16.5. The van der Waals surface area contributed by atoms with Gasteiger partial charge >= 0.3 is 0 Å². The molecule has 106 valence electrons. The lowest BCUT2D eigenvalue weighted by molar-refractivity contribution is -0.0439. The fraction of sp³-hybridized carbons (Fsp3) is 1.00. The Morgan fingerprint density at radius 3 is 2.22 bits per heavy atom. The van der Waals surface area contributed by atoms with Crippen molar-refractivity contribution in [2.24, 2.45) is 22.7 Å². The smallest absolute Gasteiger partial charge is 0.0658 e. The lowest BCUT2D eigenvalue weighted by Gasteiger charge is -2.41. The van der Waals surface area contributed by atoms with Gasteiger partial charge in [-0.2, -0.15) is 0 Å². The summed E-state index contributed by atoms with van der Waals surface area (Å²) in [7, 11) is 1.93.